The second kappa shape index (κ2) is 9.11. The van der Waals surface area contributed by atoms with Gasteiger partial charge in [-0.15, -0.1) is 0 Å². The zero-order valence-corrected chi connectivity index (χ0v) is 19.3. The van der Waals surface area contributed by atoms with E-state index in [1.54, 1.807) is 12.1 Å². The van der Waals surface area contributed by atoms with E-state index in [1.807, 2.05) is 12.1 Å². The summed E-state index contributed by atoms with van der Waals surface area (Å²) in [5, 5.41) is 2.90. The van der Waals surface area contributed by atoms with Gasteiger partial charge in [0.2, 0.25) is 0 Å². The maximum atomic E-state index is 13.3. The van der Waals surface area contributed by atoms with Crippen LogP contribution in [0.25, 0.3) is 0 Å². The molecule has 1 aliphatic heterocycles. The van der Waals surface area contributed by atoms with Crippen molar-refractivity contribution in [3.63, 3.8) is 0 Å². The summed E-state index contributed by atoms with van der Waals surface area (Å²) in [5.41, 5.74) is 1.56. The van der Waals surface area contributed by atoms with E-state index in [2.05, 4.69) is 5.32 Å². The summed E-state index contributed by atoms with van der Waals surface area (Å²) < 4.78 is 33.3. The van der Waals surface area contributed by atoms with Gasteiger partial charge in [-0.05, 0) is 56.0 Å². The molecule has 9 heteroatoms. The van der Waals surface area contributed by atoms with Gasteiger partial charge in [-0.3, -0.25) is 9.10 Å². The van der Waals surface area contributed by atoms with Crippen molar-refractivity contribution in [1.29, 1.82) is 0 Å². The quantitative estimate of drug-likeness (QED) is 0.642. The molecule has 2 aliphatic rings. The molecule has 0 radical (unpaired) electrons. The maximum absolute atomic E-state index is 13.3. The highest BCUT2D eigenvalue weighted by Gasteiger charge is 2.33. The number of nitrogens with zero attached hydrogens (tertiary/aromatic N) is 1. The molecule has 1 atom stereocenters. The van der Waals surface area contributed by atoms with Crippen molar-refractivity contribution in [1.82, 2.24) is 5.32 Å². The molecule has 2 aromatic rings. The molecule has 1 aliphatic carbocycles. The van der Waals surface area contributed by atoms with Gasteiger partial charge in [0.1, 0.15) is 4.90 Å². The zero-order chi connectivity index (χ0) is 22.9. The highest BCUT2D eigenvalue weighted by Crippen LogP contribution is 2.35. The summed E-state index contributed by atoms with van der Waals surface area (Å²) in [7, 11) is -3.99. The van der Waals surface area contributed by atoms with Gasteiger partial charge in [0.15, 0.2) is 6.10 Å². The van der Waals surface area contributed by atoms with Gasteiger partial charge in [0, 0.05) is 12.6 Å². The SMILES string of the molecule is C[C@H](OC(=O)c1ccc(Cl)c(S(=O)(=O)N2CCc3ccccc32)c1)C(=O)NC1CCCC1. The Hall–Kier alpha value is -2.58. The minimum atomic E-state index is -3.99. The molecule has 0 unspecified atom stereocenters. The number of hydrogen-bond donors (Lipinski definition) is 1. The molecular weight excluding hydrogens is 452 g/mol. The topological polar surface area (TPSA) is 92.8 Å². The summed E-state index contributed by atoms with van der Waals surface area (Å²) >= 11 is 6.22. The van der Waals surface area contributed by atoms with E-state index in [9.17, 15) is 18.0 Å². The fourth-order valence-corrected chi connectivity index (χ4v) is 6.18. The molecule has 1 amide bonds. The van der Waals surface area contributed by atoms with Crippen molar-refractivity contribution in [3.05, 3.63) is 58.6 Å². The van der Waals surface area contributed by atoms with Crippen LogP contribution in [0, 0.1) is 0 Å². The number of anilines is 1. The predicted octanol–water partition coefficient (Wildman–Crippen LogP) is 3.70. The molecule has 0 saturated heterocycles. The summed E-state index contributed by atoms with van der Waals surface area (Å²) in [4.78, 5) is 24.8. The van der Waals surface area contributed by atoms with Crippen LogP contribution >= 0.6 is 11.6 Å². The average Bonchev–Trinajstić information content (AvgIpc) is 3.43. The van der Waals surface area contributed by atoms with Gasteiger partial charge in [-0.25, -0.2) is 13.2 Å². The predicted molar refractivity (Wildman–Crippen MR) is 121 cm³/mol. The number of nitrogens with one attached hydrogen (secondary N) is 1. The molecule has 32 heavy (non-hydrogen) atoms. The minimum absolute atomic E-state index is 0.0120. The number of hydrogen-bond acceptors (Lipinski definition) is 5. The van der Waals surface area contributed by atoms with Gasteiger partial charge < -0.3 is 10.1 Å². The van der Waals surface area contributed by atoms with Crippen molar-refractivity contribution >= 4 is 39.2 Å². The zero-order valence-electron chi connectivity index (χ0n) is 17.7. The van der Waals surface area contributed by atoms with Gasteiger partial charge >= 0.3 is 5.97 Å². The molecule has 0 spiro atoms. The first kappa shape index (κ1) is 22.6. The molecule has 0 bridgehead atoms. The Bertz CT molecular complexity index is 1140. The Morgan fingerprint density at radius 1 is 1.16 bits per heavy atom. The summed E-state index contributed by atoms with van der Waals surface area (Å²) in [6.07, 6.45) is 3.59. The Balaban J connectivity index is 1.52. The number of fused-ring (bicyclic) bond motifs is 1. The molecule has 7 nitrogen and oxygen atoms in total. The Morgan fingerprint density at radius 3 is 2.62 bits per heavy atom. The first-order valence-corrected chi connectivity index (χ1v) is 12.5. The first-order valence-electron chi connectivity index (χ1n) is 10.7. The molecule has 4 rings (SSSR count). The third-order valence-corrected chi connectivity index (χ3v) is 8.23. The fourth-order valence-electron chi connectivity index (χ4n) is 4.18. The number of carbonyl (C=O) groups is 2. The standard InChI is InChI=1S/C23H25ClN2O5S/c1-15(22(27)25-18-7-3-4-8-18)31-23(28)17-10-11-19(24)21(14-17)32(29,30)26-13-12-16-6-2-5-9-20(16)26/h2,5-6,9-11,14-15,18H,3-4,7-8,12-13H2,1H3,(H,25,27)/t15-/m0/s1. The lowest BCUT2D eigenvalue weighted by Crippen LogP contribution is -2.40. The number of benzene rings is 2. The van der Waals surface area contributed by atoms with Crippen LogP contribution in [0.15, 0.2) is 47.4 Å². The average molecular weight is 477 g/mol. The highest BCUT2D eigenvalue weighted by molar-refractivity contribution is 7.93. The van der Waals surface area contributed by atoms with Crippen LogP contribution in [-0.2, 0) is 26.0 Å². The van der Waals surface area contributed by atoms with Crippen LogP contribution in [-0.4, -0.2) is 39.0 Å². The lowest BCUT2D eigenvalue weighted by molar-refractivity contribution is -0.129. The lowest BCUT2D eigenvalue weighted by Gasteiger charge is -2.21. The number of esters is 1. The van der Waals surface area contributed by atoms with Crippen LogP contribution in [0.2, 0.25) is 5.02 Å². The third kappa shape index (κ3) is 4.47. The Kier molecular flexibility index (Phi) is 6.44. The second-order valence-corrected chi connectivity index (χ2v) is 10.4. The van der Waals surface area contributed by atoms with E-state index < -0.39 is 22.1 Å². The van der Waals surface area contributed by atoms with E-state index >= 15 is 0 Å². The van der Waals surface area contributed by atoms with Crippen molar-refractivity contribution in [2.75, 3.05) is 10.8 Å². The Labute approximate surface area is 192 Å². The first-order chi connectivity index (χ1) is 15.3. The van der Waals surface area contributed by atoms with E-state index in [0.717, 1.165) is 31.2 Å². The normalized spacial score (nSPS) is 17.1. The number of para-hydroxylation sites is 1. The third-order valence-electron chi connectivity index (χ3n) is 5.93. The number of ether oxygens (including phenoxy) is 1. The summed E-state index contributed by atoms with van der Waals surface area (Å²) in [6, 6.07) is 11.3. The number of amides is 1. The Morgan fingerprint density at radius 2 is 1.88 bits per heavy atom. The number of sulfonamides is 1. The minimum Gasteiger partial charge on any atom is -0.449 e. The van der Waals surface area contributed by atoms with Crippen LogP contribution in [0.1, 0.15) is 48.5 Å². The monoisotopic (exact) mass is 476 g/mol. The summed E-state index contributed by atoms with van der Waals surface area (Å²) in [5.74, 6) is -1.14. The van der Waals surface area contributed by atoms with Gasteiger partial charge in [-0.1, -0.05) is 42.6 Å². The van der Waals surface area contributed by atoms with Gasteiger partial charge in [0.05, 0.1) is 16.3 Å². The molecular formula is C23H25ClN2O5S. The van der Waals surface area contributed by atoms with Crippen molar-refractivity contribution < 1.29 is 22.7 Å². The van der Waals surface area contributed by atoms with Crippen LogP contribution in [0.4, 0.5) is 5.69 Å². The van der Waals surface area contributed by atoms with Crippen molar-refractivity contribution in [2.45, 2.75) is 56.1 Å². The molecule has 1 N–H and O–H groups in total. The van der Waals surface area contributed by atoms with E-state index in [4.69, 9.17) is 16.3 Å². The molecule has 0 aromatic heterocycles. The second-order valence-electron chi connectivity index (χ2n) is 8.14. The van der Waals surface area contributed by atoms with Crippen molar-refractivity contribution in [2.24, 2.45) is 0 Å². The fraction of sp³-hybridized carbons (Fsp3) is 0.391. The lowest BCUT2D eigenvalue weighted by atomic mass is 10.2. The highest BCUT2D eigenvalue weighted by atomic mass is 35.5. The van der Waals surface area contributed by atoms with E-state index in [-0.39, 0.29) is 27.4 Å². The van der Waals surface area contributed by atoms with Gasteiger partial charge in [0.25, 0.3) is 15.9 Å². The molecule has 1 fully saturated rings. The summed E-state index contributed by atoms with van der Waals surface area (Å²) in [6.45, 7) is 1.79. The number of carbonyl (C=O) groups excluding carboxylic acids is 2. The molecule has 1 saturated carbocycles. The largest absolute Gasteiger partial charge is 0.449 e. The molecule has 170 valence electrons. The van der Waals surface area contributed by atoms with Gasteiger partial charge in [-0.2, -0.15) is 0 Å². The number of halogens is 1. The van der Waals surface area contributed by atoms with Crippen LogP contribution in [0.5, 0.6) is 0 Å². The van der Waals surface area contributed by atoms with Crippen LogP contribution in [0.3, 0.4) is 0 Å². The molecule has 1 heterocycles. The van der Waals surface area contributed by atoms with E-state index in [1.165, 1.54) is 29.4 Å². The van der Waals surface area contributed by atoms with E-state index in [0.29, 0.717) is 18.7 Å². The van der Waals surface area contributed by atoms with Crippen molar-refractivity contribution in [3.8, 4) is 0 Å². The number of rotatable bonds is 6. The van der Waals surface area contributed by atoms with Crippen LogP contribution < -0.4 is 9.62 Å². The molecule has 2 aromatic carbocycles. The maximum Gasteiger partial charge on any atom is 0.338 e. The smallest absolute Gasteiger partial charge is 0.338 e.